The van der Waals surface area contributed by atoms with Gasteiger partial charge in [-0.05, 0) is 30.5 Å². The molecule has 0 aromatic carbocycles. The van der Waals surface area contributed by atoms with Crippen LogP contribution in [0.3, 0.4) is 0 Å². The second kappa shape index (κ2) is 4.12. The van der Waals surface area contributed by atoms with Crippen molar-refractivity contribution in [1.82, 2.24) is 8.10 Å². The number of hydrogen-bond donors (Lipinski definition) is 1. The summed E-state index contributed by atoms with van der Waals surface area (Å²) in [6.45, 7) is 1.89. The summed E-state index contributed by atoms with van der Waals surface area (Å²) in [6.07, 6.45) is 5.09. The predicted octanol–water partition coefficient (Wildman–Crippen LogP) is 1.72. The molecule has 0 saturated carbocycles. The zero-order valence-corrected chi connectivity index (χ0v) is 10.0. The van der Waals surface area contributed by atoms with Crippen LogP contribution in [0.1, 0.15) is 18.4 Å². The van der Waals surface area contributed by atoms with Gasteiger partial charge in [-0.25, -0.2) is 3.11 Å². The van der Waals surface area contributed by atoms with Gasteiger partial charge in [0.05, 0.1) is 5.60 Å². The molecule has 14 heavy (non-hydrogen) atoms. The van der Waals surface area contributed by atoms with Crippen molar-refractivity contribution < 1.29 is 5.11 Å². The first-order valence-corrected chi connectivity index (χ1v) is 5.71. The number of hydrogen-bond acceptors (Lipinski definition) is 3. The highest BCUT2D eigenvalue weighted by Crippen LogP contribution is 2.33. The highest BCUT2D eigenvalue weighted by atomic mass is 127. The lowest BCUT2D eigenvalue weighted by molar-refractivity contribution is -0.00532. The number of piperidine rings is 1. The summed E-state index contributed by atoms with van der Waals surface area (Å²) >= 11 is 2.30. The first-order chi connectivity index (χ1) is 6.71. The van der Waals surface area contributed by atoms with E-state index < -0.39 is 5.60 Å². The summed E-state index contributed by atoms with van der Waals surface area (Å²) in [7, 11) is 0. The van der Waals surface area contributed by atoms with Crippen LogP contribution in [0.5, 0.6) is 0 Å². The van der Waals surface area contributed by atoms with E-state index in [0.717, 1.165) is 31.5 Å². The molecule has 2 heterocycles. The Morgan fingerprint density at radius 1 is 1.29 bits per heavy atom. The summed E-state index contributed by atoms with van der Waals surface area (Å²) < 4.78 is 2.22. The second-order valence-electron chi connectivity index (χ2n) is 3.68. The Labute approximate surface area is 97.6 Å². The van der Waals surface area contributed by atoms with Crippen molar-refractivity contribution in [1.29, 1.82) is 0 Å². The SMILES string of the molecule is OC1(c2ccncc2)CCN(I)CC1. The lowest BCUT2D eigenvalue weighted by atomic mass is 9.86. The fourth-order valence-electron chi connectivity index (χ4n) is 1.80. The second-order valence-corrected chi connectivity index (χ2v) is 5.04. The maximum atomic E-state index is 10.4. The molecule has 0 aliphatic carbocycles. The third-order valence-corrected chi connectivity index (χ3v) is 3.72. The first-order valence-electron chi connectivity index (χ1n) is 4.74. The Balaban J connectivity index is 2.17. The van der Waals surface area contributed by atoms with E-state index in [1.807, 2.05) is 12.1 Å². The van der Waals surface area contributed by atoms with E-state index in [9.17, 15) is 5.11 Å². The quantitative estimate of drug-likeness (QED) is 0.634. The molecule has 1 aliphatic rings. The molecule has 0 atom stereocenters. The molecule has 1 N–H and O–H groups in total. The topological polar surface area (TPSA) is 36.4 Å². The minimum absolute atomic E-state index is 0.634. The first kappa shape index (κ1) is 10.3. The van der Waals surface area contributed by atoms with Crippen molar-refractivity contribution in [3.63, 3.8) is 0 Å². The monoisotopic (exact) mass is 304 g/mol. The van der Waals surface area contributed by atoms with Crippen LogP contribution in [0.15, 0.2) is 24.5 Å². The highest BCUT2D eigenvalue weighted by Gasteiger charge is 2.33. The van der Waals surface area contributed by atoms with Gasteiger partial charge in [0.15, 0.2) is 0 Å². The van der Waals surface area contributed by atoms with Crippen molar-refractivity contribution in [2.24, 2.45) is 0 Å². The van der Waals surface area contributed by atoms with E-state index in [-0.39, 0.29) is 0 Å². The third-order valence-electron chi connectivity index (χ3n) is 2.75. The van der Waals surface area contributed by atoms with Crippen LogP contribution in [0, 0.1) is 0 Å². The molecule has 0 bridgehead atoms. The summed E-state index contributed by atoms with van der Waals surface area (Å²) in [6, 6.07) is 3.81. The van der Waals surface area contributed by atoms with Gasteiger partial charge in [-0.3, -0.25) is 4.98 Å². The molecule has 0 radical (unpaired) electrons. The molecule has 1 saturated heterocycles. The molecule has 0 amide bonds. The smallest absolute Gasteiger partial charge is 0.0922 e. The zero-order valence-electron chi connectivity index (χ0n) is 7.86. The van der Waals surface area contributed by atoms with Crippen LogP contribution in [0.2, 0.25) is 0 Å². The molecule has 76 valence electrons. The number of aliphatic hydroxyl groups is 1. The fourth-order valence-corrected chi connectivity index (χ4v) is 2.28. The Hall–Kier alpha value is -0.200. The lowest BCUT2D eigenvalue weighted by Crippen LogP contribution is -2.38. The van der Waals surface area contributed by atoms with Crippen molar-refractivity contribution in [3.8, 4) is 0 Å². The normalized spacial score (nSPS) is 22.1. The van der Waals surface area contributed by atoms with Gasteiger partial charge in [-0.15, -0.1) is 0 Å². The Morgan fingerprint density at radius 3 is 2.43 bits per heavy atom. The maximum Gasteiger partial charge on any atom is 0.0922 e. The van der Waals surface area contributed by atoms with Gasteiger partial charge in [-0.1, -0.05) is 0 Å². The Bertz CT molecular complexity index is 296. The van der Waals surface area contributed by atoms with Crippen molar-refractivity contribution in [3.05, 3.63) is 30.1 Å². The summed E-state index contributed by atoms with van der Waals surface area (Å²) in [5.74, 6) is 0. The molecule has 1 aliphatic heterocycles. The van der Waals surface area contributed by atoms with Gasteiger partial charge in [0.25, 0.3) is 0 Å². The molecule has 0 spiro atoms. The van der Waals surface area contributed by atoms with Crippen molar-refractivity contribution in [2.45, 2.75) is 18.4 Å². The van der Waals surface area contributed by atoms with E-state index >= 15 is 0 Å². The van der Waals surface area contributed by atoms with E-state index in [2.05, 4.69) is 31.0 Å². The van der Waals surface area contributed by atoms with E-state index in [1.54, 1.807) is 12.4 Å². The Morgan fingerprint density at radius 2 is 1.86 bits per heavy atom. The molecule has 1 aromatic rings. The van der Waals surface area contributed by atoms with Gasteiger partial charge in [-0.2, -0.15) is 0 Å². The van der Waals surface area contributed by atoms with Crippen molar-refractivity contribution >= 4 is 22.9 Å². The number of aromatic nitrogens is 1. The summed E-state index contributed by atoms with van der Waals surface area (Å²) in [5, 5.41) is 10.4. The van der Waals surface area contributed by atoms with Crippen LogP contribution in [-0.4, -0.2) is 26.3 Å². The van der Waals surface area contributed by atoms with E-state index in [1.165, 1.54) is 0 Å². The molecule has 1 aromatic heterocycles. The standard InChI is InChI=1S/C10H13IN2O/c11-13-7-3-10(14,4-8-13)9-1-5-12-6-2-9/h1-2,5-6,14H,3-4,7-8H2. The lowest BCUT2D eigenvalue weighted by Gasteiger charge is -2.35. The maximum absolute atomic E-state index is 10.4. The average molecular weight is 304 g/mol. The van der Waals surface area contributed by atoms with Crippen LogP contribution in [-0.2, 0) is 5.60 Å². The van der Waals surface area contributed by atoms with Crippen LogP contribution >= 0.6 is 22.9 Å². The van der Waals surface area contributed by atoms with Gasteiger partial charge >= 0.3 is 0 Å². The summed E-state index contributed by atoms with van der Waals surface area (Å²) in [4.78, 5) is 3.96. The van der Waals surface area contributed by atoms with Gasteiger partial charge in [0.2, 0.25) is 0 Å². The van der Waals surface area contributed by atoms with Gasteiger partial charge in [0.1, 0.15) is 0 Å². The minimum Gasteiger partial charge on any atom is -0.385 e. The molecule has 3 nitrogen and oxygen atoms in total. The average Bonchev–Trinajstić information content (AvgIpc) is 2.24. The largest absolute Gasteiger partial charge is 0.385 e. The fraction of sp³-hybridized carbons (Fsp3) is 0.500. The number of pyridine rings is 1. The van der Waals surface area contributed by atoms with Crippen LogP contribution in [0.4, 0.5) is 0 Å². The third kappa shape index (κ3) is 2.07. The van der Waals surface area contributed by atoms with Crippen LogP contribution < -0.4 is 0 Å². The van der Waals surface area contributed by atoms with Gasteiger partial charge < -0.3 is 5.11 Å². The van der Waals surface area contributed by atoms with Gasteiger partial charge in [0, 0.05) is 48.3 Å². The van der Waals surface area contributed by atoms with Crippen molar-refractivity contribution in [2.75, 3.05) is 13.1 Å². The minimum atomic E-state index is -0.634. The molecular weight excluding hydrogens is 291 g/mol. The summed E-state index contributed by atoms with van der Waals surface area (Å²) in [5.41, 5.74) is 0.363. The Kier molecular flexibility index (Phi) is 3.04. The number of halogens is 1. The number of nitrogens with zero attached hydrogens (tertiary/aromatic N) is 2. The van der Waals surface area contributed by atoms with Crippen LogP contribution in [0.25, 0.3) is 0 Å². The zero-order chi connectivity index (χ0) is 10.0. The van der Waals surface area contributed by atoms with E-state index in [0.29, 0.717) is 0 Å². The number of rotatable bonds is 1. The predicted molar refractivity (Wildman–Crippen MR) is 63.0 cm³/mol. The molecule has 1 fully saturated rings. The molecular formula is C10H13IN2O. The molecule has 0 unspecified atom stereocenters. The van der Waals surface area contributed by atoms with E-state index in [4.69, 9.17) is 0 Å². The highest BCUT2D eigenvalue weighted by molar-refractivity contribution is 14.1. The molecule has 4 heteroatoms. The molecule has 2 rings (SSSR count).